The molecule has 2 aromatic rings. The number of hydrogen-bond donors (Lipinski definition) is 1. The van der Waals surface area contributed by atoms with Crippen molar-refractivity contribution in [1.29, 1.82) is 0 Å². The molecular formula is C35H49N4O5+. The molecule has 3 aliphatic heterocycles. The molecule has 3 atom stereocenters. The normalized spacial score (nSPS) is 21.3. The predicted molar refractivity (Wildman–Crippen MR) is 171 cm³/mol. The highest BCUT2D eigenvalue weighted by atomic mass is 16.5. The van der Waals surface area contributed by atoms with Gasteiger partial charge in [0.15, 0.2) is 0 Å². The Kier molecular flexibility index (Phi) is 9.95. The summed E-state index contributed by atoms with van der Waals surface area (Å²) in [7, 11) is 6.48. The fourth-order valence-corrected chi connectivity index (χ4v) is 7.17. The Bertz CT molecular complexity index is 1350. The number of ether oxygens (including phenoxy) is 1. The van der Waals surface area contributed by atoms with E-state index in [0.29, 0.717) is 45.6 Å². The van der Waals surface area contributed by atoms with E-state index in [1.54, 1.807) is 4.90 Å². The van der Waals surface area contributed by atoms with Gasteiger partial charge in [-0.05, 0) is 41.7 Å². The van der Waals surface area contributed by atoms with Crippen molar-refractivity contribution in [3.63, 3.8) is 0 Å². The Morgan fingerprint density at radius 2 is 1.84 bits per heavy atom. The molecule has 1 saturated heterocycles. The number of carboxylic acids is 1. The fourth-order valence-electron chi connectivity index (χ4n) is 7.17. The predicted octanol–water partition coefficient (Wildman–Crippen LogP) is 3.79. The van der Waals surface area contributed by atoms with Gasteiger partial charge in [0.1, 0.15) is 5.75 Å². The third-order valence-electron chi connectivity index (χ3n) is 9.48. The number of carbonyl (C=O) groups excluding carboxylic acids is 2. The quantitative estimate of drug-likeness (QED) is 0.330. The molecule has 3 aliphatic rings. The van der Waals surface area contributed by atoms with Crippen molar-refractivity contribution in [3.05, 3.63) is 59.2 Å². The molecule has 44 heavy (non-hydrogen) atoms. The van der Waals surface area contributed by atoms with Crippen LogP contribution < -0.4 is 9.64 Å². The second-order valence-corrected chi connectivity index (χ2v) is 13.7. The van der Waals surface area contributed by atoms with E-state index in [2.05, 4.69) is 39.0 Å². The molecule has 0 saturated carbocycles. The second kappa shape index (κ2) is 13.7. The summed E-state index contributed by atoms with van der Waals surface area (Å²) in [5.41, 5.74) is 4.00. The van der Waals surface area contributed by atoms with Crippen LogP contribution in [0.1, 0.15) is 55.2 Å². The molecule has 0 spiro atoms. The van der Waals surface area contributed by atoms with Crippen molar-refractivity contribution in [2.24, 2.45) is 5.92 Å². The fraction of sp³-hybridized carbons (Fsp3) is 0.571. The summed E-state index contributed by atoms with van der Waals surface area (Å²) in [4.78, 5) is 45.8. The van der Waals surface area contributed by atoms with Crippen molar-refractivity contribution >= 4 is 23.5 Å². The summed E-state index contributed by atoms with van der Waals surface area (Å²) in [5, 5.41) is 10.7. The van der Waals surface area contributed by atoms with Crippen molar-refractivity contribution < 1.29 is 28.7 Å². The van der Waals surface area contributed by atoms with Gasteiger partial charge in [0, 0.05) is 56.7 Å². The monoisotopic (exact) mass is 605 g/mol. The number of nitrogens with zero attached hydrogens (tertiary/aromatic N) is 4. The van der Waals surface area contributed by atoms with Crippen LogP contribution in [-0.2, 0) is 27.2 Å². The molecule has 9 nitrogen and oxygen atoms in total. The molecule has 0 bridgehead atoms. The minimum atomic E-state index is -0.856. The lowest BCUT2D eigenvalue weighted by molar-refractivity contribution is -0.870. The van der Waals surface area contributed by atoms with Gasteiger partial charge in [-0.25, -0.2) is 0 Å². The summed E-state index contributed by atoms with van der Waals surface area (Å²) >= 11 is 0. The van der Waals surface area contributed by atoms with Crippen molar-refractivity contribution in [2.45, 2.75) is 57.4 Å². The third-order valence-corrected chi connectivity index (χ3v) is 9.48. The second-order valence-electron chi connectivity index (χ2n) is 13.7. The summed E-state index contributed by atoms with van der Waals surface area (Å²) in [6.45, 7) is 6.23. The number of unbranched alkanes of at least 4 members (excludes halogenated alkanes) is 1. The standard InChI is InChI=1S/C35H48N4O5/c1-5-6-16-36(17-9-19-39(2,3)4)33(41)24-37-23-28(25-12-13-31-27(21-25)15-20-44-31)34(35(42)43)30(37)14-18-38-29-11-8-7-10-26(29)22-32(38)40/h7-8,10-13,21,28,30,34H,5-6,9,14-20,22-24H2,1-4H3/p+1. The zero-order valence-electron chi connectivity index (χ0n) is 26.8. The van der Waals surface area contributed by atoms with E-state index in [0.717, 1.165) is 64.8 Å². The molecule has 0 aliphatic carbocycles. The van der Waals surface area contributed by atoms with Crippen LogP contribution in [-0.4, -0.2) is 110 Å². The topological polar surface area (TPSA) is 90.4 Å². The first-order valence-corrected chi connectivity index (χ1v) is 16.2. The molecule has 5 rings (SSSR count). The van der Waals surface area contributed by atoms with Gasteiger partial charge in [0.05, 0.1) is 53.2 Å². The largest absolute Gasteiger partial charge is 0.493 e. The van der Waals surface area contributed by atoms with E-state index in [1.165, 1.54) is 0 Å². The van der Waals surface area contributed by atoms with E-state index >= 15 is 0 Å². The average Bonchev–Trinajstić information content (AvgIpc) is 3.67. The number of para-hydroxylation sites is 1. The number of quaternary nitrogens is 1. The van der Waals surface area contributed by atoms with Crippen molar-refractivity contribution in [1.82, 2.24) is 9.80 Å². The van der Waals surface area contributed by atoms with E-state index in [9.17, 15) is 19.5 Å². The Balaban J connectivity index is 1.39. The zero-order chi connectivity index (χ0) is 31.4. The van der Waals surface area contributed by atoms with Crippen LogP contribution in [0.15, 0.2) is 42.5 Å². The summed E-state index contributed by atoms with van der Waals surface area (Å²) in [6.07, 6.45) is 4.51. The Labute approximate surface area is 262 Å². The zero-order valence-corrected chi connectivity index (χ0v) is 26.8. The van der Waals surface area contributed by atoms with Crippen LogP contribution in [0.25, 0.3) is 0 Å². The number of hydrogen-bond acceptors (Lipinski definition) is 5. The molecule has 9 heteroatoms. The smallest absolute Gasteiger partial charge is 0.308 e. The maximum atomic E-state index is 13.9. The summed E-state index contributed by atoms with van der Waals surface area (Å²) in [6, 6.07) is 13.5. The molecule has 0 radical (unpaired) electrons. The first kappa shape index (κ1) is 32.0. The van der Waals surface area contributed by atoms with Gasteiger partial charge < -0.3 is 24.1 Å². The summed E-state index contributed by atoms with van der Waals surface area (Å²) < 4.78 is 6.56. The number of likely N-dealkylation sites (tertiary alicyclic amines) is 1. The maximum absolute atomic E-state index is 13.9. The van der Waals surface area contributed by atoms with Crippen LogP contribution in [0.2, 0.25) is 0 Å². The minimum Gasteiger partial charge on any atom is -0.493 e. The Morgan fingerprint density at radius 3 is 2.59 bits per heavy atom. The van der Waals surface area contributed by atoms with E-state index in [1.807, 2.05) is 41.3 Å². The lowest BCUT2D eigenvalue weighted by Crippen LogP contribution is -2.46. The SMILES string of the molecule is CCCCN(CCC[N+](C)(C)C)C(=O)CN1CC(c2ccc3c(c2)CCO3)C(C(=O)O)C1CCN1C(=O)Cc2ccccc21. The number of fused-ring (bicyclic) bond motifs is 2. The Morgan fingerprint density at radius 1 is 1.07 bits per heavy atom. The van der Waals surface area contributed by atoms with Crippen LogP contribution in [0.5, 0.6) is 5.75 Å². The number of aliphatic carboxylic acids is 1. The van der Waals surface area contributed by atoms with Crippen LogP contribution in [0.4, 0.5) is 5.69 Å². The minimum absolute atomic E-state index is 0.0388. The third kappa shape index (κ3) is 7.26. The van der Waals surface area contributed by atoms with Gasteiger partial charge in [-0.2, -0.15) is 0 Å². The number of rotatable bonds is 14. The van der Waals surface area contributed by atoms with Crippen LogP contribution in [0, 0.1) is 5.92 Å². The molecule has 0 aromatic heterocycles. The number of carboxylic acid groups (broad SMARTS) is 1. The number of amides is 2. The van der Waals surface area contributed by atoms with E-state index in [4.69, 9.17) is 4.74 Å². The lowest BCUT2D eigenvalue weighted by atomic mass is 9.83. The molecule has 238 valence electrons. The molecule has 1 N–H and O–H groups in total. The van der Waals surface area contributed by atoms with Gasteiger partial charge in [0.2, 0.25) is 11.8 Å². The number of carbonyl (C=O) groups is 3. The van der Waals surface area contributed by atoms with Crippen LogP contribution in [0.3, 0.4) is 0 Å². The average molecular weight is 606 g/mol. The van der Waals surface area contributed by atoms with Gasteiger partial charge in [0.25, 0.3) is 0 Å². The van der Waals surface area contributed by atoms with Gasteiger partial charge in [-0.1, -0.05) is 43.7 Å². The van der Waals surface area contributed by atoms with E-state index in [-0.39, 0.29) is 30.3 Å². The Hall–Kier alpha value is -3.43. The lowest BCUT2D eigenvalue weighted by Gasteiger charge is -2.31. The van der Waals surface area contributed by atoms with Crippen molar-refractivity contribution in [3.8, 4) is 5.75 Å². The molecule has 2 amide bonds. The first-order chi connectivity index (χ1) is 21.1. The molecular weight excluding hydrogens is 556 g/mol. The van der Waals surface area contributed by atoms with E-state index < -0.39 is 11.9 Å². The molecule has 3 heterocycles. The molecule has 1 fully saturated rings. The van der Waals surface area contributed by atoms with Gasteiger partial charge in [-0.15, -0.1) is 0 Å². The maximum Gasteiger partial charge on any atom is 0.308 e. The first-order valence-electron chi connectivity index (χ1n) is 16.2. The van der Waals surface area contributed by atoms with Gasteiger partial charge in [-0.3, -0.25) is 19.3 Å². The highest BCUT2D eigenvalue weighted by Gasteiger charge is 2.47. The van der Waals surface area contributed by atoms with Gasteiger partial charge >= 0.3 is 5.97 Å². The molecule has 3 unspecified atom stereocenters. The highest BCUT2D eigenvalue weighted by Crippen LogP contribution is 2.41. The summed E-state index contributed by atoms with van der Waals surface area (Å²) in [5.74, 6) is -0.852. The van der Waals surface area contributed by atoms with Crippen LogP contribution >= 0.6 is 0 Å². The molecule has 2 aromatic carbocycles. The number of anilines is 1. The number of benzene rings is 2. The highest BCUT2D eigenvalue weighted by molar-refractivity contribution is 6.01. The van der Waals surface area contributed by atoms with Crippen molar-refractivity contribution in [2.75, 3.05) is 71.9 Å².